The Labute approximate surface area is 147 Å². The second-order valence-corrected chi connectivity index (χ2v) is 7.26. The first-order valence-electron chi connectivity index (χ1n) is 8.86. The van der Waals surface area contributed by atoms with Crippen LogP contribution in [0, 0.1) is 5.41 Å². The molecule has 5 nitrogen and oxygen atoms in total. The van der Waals surface area contributed by atoms with Crippen molar-refractivity contribution >= 4 is 11.8 Å². The lowest BCUT2D eigenvalue weighted by atomic mass is 9.92. The molecule has 1 unspecified atom stereocenters. The lowest BCUT2D eigenvalue weighted by Crippen LogP contribution is -2.42. The number of amides is 2. The maximum atomic E-state index is 12.6. The molecule has 2 heterocycles. The van der Waals surface area contributed by atoms with Crippen LogP contribution in [0.25, 0.3) is 0 Å². The zero-order chi connectivity index (χ0) is 17.4. The smallest absolute Gasteiger partial charge is 0.270 e. The molecule has 4 rings (SSSR count). The summed E-state index contributed by atoms with van der Waals surface area (Å²) in [6.45, 7) is 1.53. The van der Waals surface area contributed by atoms with Gasteiger partial charge in [-0.1, -0.05) is 18.2 Å². The van der Waals surface area contributed by atoms with Gasteiger partial charge in [-0.05, 0) is 48.9 Å². The van der Waals surface area contributed by atoms with Crippen molar-refractivity contribution in [2.45, 2.75) is 25.3 Å². The highest BCUT2D eigenvalue weighted by atomic mass is 16.2. The monoisotopic (exact) mass is 337 g/mol. The van der Waals surface area contributed by atoms with Gasteiger partial charge in [0.15, 0.2) is 0 Å². The van der Waals surface area contributed by atoms with E-state index in [1.807, 2.05) is 65.2 Å². The van der Waals surface area contributed by atoms with E-state index in [9.17, 15) is 9.59 Å². The van der Waals surface area contributed by atoms with E-state index in [2.05, 4.69) is 5.32 Å². The first kappa shape index (κ1) is 15.9. The Bertz CT molecular complexity index is 788. The molecule has 1 aromatic heterocycles. The fourth-order valence-electron chi connectivity index (χ4n) is 3.94. The molecular formula is C20H23N3O2. The average Bonchev–Trinajstić information content (AvgIpc) is 3.09. The van der Waals surface area contributed by atoms with Crippen molar-refractivity contribution in [2.75, 3.05) is 13.1 Å². The number of piperidine rings is 1. The first-order valence-corrected chi connectivity index (χ1v) is 8.86. The number of hydrogen-bond acceptors (Lipinski definition) is 2. The minimum absolute atomic E-state index is 0.00444. The first-order chi connectivity index (χ1) is 12.1. The van der Waals surface area contributed by atoms with E-state index in [-0.39, 0.29) is 23.3 Å². The van der Waals surface area contributed by atoms with Gasteiger partial charge in [0.05, 0.1) is 0 Å². The minimum Gasteiger partial charge on any atom is -0.349 e. The molecule has 1 aliphatic carbocycles. The molecule has 1 atom stereocenters. The van der Waals surface area contributed by atoms with Crippen LogP contribution in [0.3, 0.4) is 0 Å². The van der Waals surface area contributed by atoms with Crippen LogP contribution < -0.4 is 5.32 Å². The van der Waals surface area contributed by atoms with Gasteiger partial charge in [0, 0.05) is 37.9 Å². The molecule has 2 amide bonds. The van der Waals surface area contributed by atoms with Gasteiger partial charge >= 0.3 is 0 Å². The van der Waals surface area contributed by atoms with Crippen LogP contribution in [0.4, 0.5) is 0 Å². The van der Waals surface area contributed by atoms with E-state index >= 15 is 0 Å². The molecule has 130 valence electrons. The number of nitrogens with one attached hydrogen (secondary N) is 1. The Morgan fingerprint density at radius 3 is 2.44 bits per heavy atom. The lowest BCUT2D eigenvalue weighted by Gasteiger charge is -2.33. The molecule has 1 N–H and O–H groups in total. The third-order valence-electron chi connectivity index (χ3n) is 5.74. The van der Waals surface area contributed by atoms with E-state index < -0.39 is 0 Å². The Hall–Kier alpha value is -2.56. The standard InChI is InChI=1S/C20H23N3O2/c1-22-11-5-8-16(22)19(25)23-12-9-20(10-13-23)14-17(20)21-18(24)15-6-3-2-4-7-15/h2-8,11,17H,9-10,12-14H2,1H3,(H,21,24). The van der Waals surface area contributed by atoms with Crippen molar-refractivity contribution in [1.82, 2.24) is 14.8 Å². The molecule has 1 aliphatic heterocycles. The molecule has 0 radical (unpaired) electrons. The number of aryl methyl sites for hydroxylation is 1. The molecule has 2 fully saturated rings. The van der Waals surface area contributed by atoms with E-state index in [0.717, 1.165) is 38.0 Å². The number of hydrogen-bond donors (Lipinski definition) is 1. The molecule has 2 aromatic rings. The van der Waals surface area contributed by atoms with Crippen LogP contribution in [0.1, 0.15) is 40.1 Å². The second-order valence-electron chi connectivity index (χ2n) is 7.26. The molecule has 25 heavy (non-hydrogen) atoms. The zero-order valence-electron chi connectivity index (χ0n) is 14.4. The summed E-state index contributed by atoms with van der Waals surface area (Å²) in [4.78, 5) is 26.8. The molecule has 1 aromatic carbocycles. The van der Waals surface area contributed by atoms with Gasteiger partial charge in [0.2, 0.25) is 0 Å². The van der Waals surface area contributed by atoms with E-state index in [1.165, 1.54) is 0 Å². The van der Waals surface area contributed by atoms with Crippen LogP contribution in [0.15, 0.2) is 48.7 Å². The number of aromatic nitrogens is 1. The number of nitrogens with zero attached hydrogens (tertiary/aromatic N) is 2. The topological polar surface area (TPSA) is 54.3 Å². The third-order valence-corrected chi connectivity index (χ3v) is 5.74. The highest BCUT2D eigenvalue weighted by molar-refractivity contribution is 5.94. The molecular weight excluding hydrogens is 314 g/mol. The number of likely N-dealkylation sites (tertiary alicyclic amines) is 1. The number of carbonyl (C=O) groups excluding carboxylic acids is 2. The summed E-state index contributed by atoms with van der Waals surface area (Å²) in [6.07, 6.45) is 4.85. The van der Waals surface area contributed by atoms with Gasteiger partial charge in [-0.3, -0.25) is 9.59 Å². The highest BCUT2D eigenvalue weighted by Crippen LogP contribution is 2.54. The van der Waals surface area contributed by atoms with E-state index in [1.54, 1.807) is 0 Å². The Balaban J connectivity index is 1.33. The van der Waals surface area contributed by atoms with Crippen molar-refractivity contribution in [2.24, 2.45) is 12.5 Å². The maximum Gasteiger partial charge on any atom is 0.270 e. The normalized spacial score (nSPS) is 21.2. The predicted octanol–water partition coefficient (Wildman–Crippen LogP) is 2.45. The van der Waals surface area contributed by atoms with Crippen LogP contribution >= 0.6 is 0 Å². The zero-order valence-corrected chi connectivity index (χ0v) is 14.4. The molecule has 1 saturated carbocycles. The summed E-state index contributed by atoms with van der Waals surface area (Å²) in [7, 11) is 1.90. The van der Waals surface area contributed by atoms with Crippen LogP contribution in [0.2, 0.25) is 0 Å². The summed E-state index contributed by atoms with van der Waals surface area (Å²) < 4.78 is 1.87. The van der Waals surface area contributed by atoms with Crippen LogP contribution in [0.5, 0.6) is 0 Å². The average molecular weight is 337 g/mol. The van der Waals surface area contributed by atoms with E-state index in [0.29, 0.717) is 5.56 Å². The van der Waals surface area contributed by atoms with E-state index in [4.69, 9.17) is 0 Å². The predicted molar refractivity (Wildman–Crippen MR) is 95.3 cm³/mol. The van der Waals surface area contributed by atoms with Crippen molar-refractivity contribution in [3.63, 3.8) is 0 Å². The SMILES string of the molecule is Cn1cccc1C(=O)N1CCC2(CC1)CC2NC(=O)c1ccccc1. The molecule has 2 aliphatic rings. The van der Waals surface area contributed by atoms with Gasteiger partial charge in [-0.2, -0.15) is 0 Å². The summed E-state index contributed by atoms with van der Waals surface area (Å²) in [5, 5.41) is 3.16. The molecule has 1 saturated heterocycles. The summed E-state index contributed by atoms with van der Waals surface area (Å²) in [5.74, 6) is 0.109. The summed E-state index contributed by atoms with van der Waals surface area (Å²) in [6, 6.07) is 13.4. The maximum absolute atomic E-state index is 12.6. The largest absolute Gasteiger partial charge is 0.349 e. The van der Waals surface area contributed by atoms with Gasteiger partial charge in [0.1, 0.15) is 5.69 Å². The second kappa shape index (κ2) is 6.06. The molecule has 5 heteroatoms. The quantitative estimate of drug-likeness (QED) is 0.935. The summed E-state index contributed by atoms with van der Waals surface area (Å²) >= 11 is 0. The minimum atomic E-state index is 0.00444. The van der Waals surface area contributed by atoms with Gasteiger partial charge in [-0.25, -0.2) is 0 Å². The lowest BCUT2D eigenvalue weighted by molar-refractivity contribution is 0.0658. The molecule has 0 bridgehead atoms. The van der Waals surface area contributed by atoms with Crippen molar-refractivity contribution in [3.05, 3.63) is 59.9 Å². The Morgan fingerprint density at radius 1 is 1.08 bits per heavy atom. The van der Waals surface area contributed by atoms with Crippen molar-refractivity contribution < 1.29 is 9.59 Å². The number of rotatable bonds is 3. The van der Waals surface area contributed by atoms with Gasteiger partial charge in [-0.15, -0.1) is 0 Å². The van der Waals surface area contributed by atoms with Crippen molar-refractivity contribution in [3.8, 4) is 0 Å². The Morgan fingerprint density at radius 2 is 1.80 bits per heavy atom. The summed E-state index contributed by atoms with van der Waals surface area (Å²) in [5.41, 5.74) is 1.64. The number of carbonyl (C=O) groups is 2. The number of benzene rings is 1. The van der Waals surface area contributed by atoms with Crippen molar-refractivity contribution in [1.29, 1.82) is 0 Å². The fourth-order valence-corrected chi connectivity index (χ4v) is 3.94. The Kier molecular flexibility index (Phi) is 3.86. The van der Waals surface area contributed by atoms with Crippen LogP contribution in [-0.4, -0.2) is 40.4 Å². The highest BCUT2D eigenvalue weighted by Gasteiger charge is 2.56. The van der Waals surface area contributed by atoms with Crippen LogP contribution in [-0.2, 0) is 7.05 Å². The van der Waals surface area contributed by atoms with Gasteiger partial charge < -0.3 is 14.8 Å². The third kappa shape index (κ3) is 2.95. The van der Waals surface area contributed by atoms with Gasteiger partial charge in [0.25, 0.3) is 11.8 Å². The fraction of sp³-hybridized carbons (Fsp3) is 0.400. The molecule has 1 spiro atoms.